The second-order valence-corrected chi connectivity index (χ2v) is 6.15. The van der Waals surface area contributed by atoms with E-state index in [1.807, 2.05) is 42.5 Å². The van der Waals surface area contributed by atoms with E-state index in [1.54, 1.807) is 18.9 Å². The van der Waals surface area contributed by atoms with E-state index in [-0.39, 0.29) is 0 Å². The zero-order valence-corrected chi connectivity index (χ0v) is 14.0. The van der Waals surface area contributed by atoms with Crippen molar-refractivity contribution in [2.75, 3.05) is 33.4 Å². The van der Waals surface area contributed by atoms with Crippen molar-refractivity contribution in [2.45, 2.75) is 4.90 Å². The van der Waals surface area contributed by atoms with Gasteiger partial charge in [0.15, 0.2) is 5.17 Å². The molecule has 0 amide bonds. The van der Waals surface area contributed by atoms with Crippen molar-refractivity contribution in [2.24, 2.45) is 4.99 Å². The molecule has 0 spiro atoms. The van der Waals surface area contributed by atoms with Crippen LogP contribution in [0.3, 0.4) is 0 Å². The Morgan fingerprint density at radius 3 is 2.39 bits per heavy atom. The molecule has 1 aliphatic rings. The van der Waals surface area contributed by atoms with E-state index in [4.69, 9.17) is 14.5 Å². The number of methoxy groups -OCH3 is 1. The van der Waals surface area contributed by atoms with Crippen molar-refractivity contribution in [3.05, 3.63) is 54.6 Å². The van der Waals surface area contributed by atoms with Gasteiger partial charge < -0.3 is 14.4 Å². The normalized spacial score (nSPS) is 15.5. The number of thioether (sulfide) groups is 1. The van der Waals surface area contributed by atoms with Crippen LogP contribution in [0.2, 0.25) is 0 Å². The van der Waals surface area contributed by atoms with Gasteiger partial charge in [0.25, 0.3) is 0 Å². The van der Waals surface area contributed by atoms with E-state index in [1.165, 1.54) is 0 Å². The number of hydrogen-bond acceptors (Lipinski definition) is 4. The molecule has 4 nitrogen and oxygen atoms in total. The van der Waals surface area contributed by atoms with Gasteiger partial charge in [0, 0.05) is 18.0 Å². The molecular weight excluding hydrogens is 308 g/mol. The Kier molecular flexibility index (Phi) is 5.56. The summed E-state index contributed by atoms with van der Waals surface area (Å²) in [5.74, 6) is 0.863. The zero-order valence-electron chi connectivity index (χ0n) is 13.1. The molecule has 23 heavy (non-hydrogen) atoms. The highest BCUT2D eigenvalue weighted by atomic mass is 32.2. The molecule has 1 heterocycles. The van der Waals surface area contributed by atoms with Crippen molar-refractivity contribution in [3.8, 4) is 5.75 Å². The summed E-state index contributed by atoms with van der Waals surface area (Å²) in [5.41, 5.74) is 0.968. The van der Waals surface area contributed by atoms with Crippen LogP contribution in [0.15, 0.2) is 64.5 Å². The summed E-state index contributed by atoms with van der Waals surface area (Å²) in [7, 11) is 1.68. The highest BCUT2D eigenvalue weighted by Crippen LogP contribution is 2.26. The summed E-state index contributed by atoms with van der Waals surface area (Å²) < 4.78 is 10.7. The van der Waals surface area contributed by atoms with Gasteiger partial charge in [0.1, 0.15) is 5.75 Å². The predicted octanol–water partition coefficient (Wildman–Crippen LogP) is 3.81. The van der Waals surface area contributed by atoms with E-state index in [2.05, 4.69) is 17.0 Å². The maximum absolute atomic E-state index is 5.46. The van der Waals surface area contributed by atoms with Gasteiger partial charge in [-0.2, -0.15) is 0 Å². The molecule has 0 unspecified atom stereocenters. The van der Waals surface area contributed by atoms with Crippen LogP contribution in [0.4, 0.5) is 5.69 Å². The molecule has 1 aliphatic heterocycles. The lowest BCUT2D eigenvalue weighted by atomic mass is 10.3. The van der Waals surface area contributed by atoms with E-state index in [0.29, 0.717) is 0 Å². The van der Waals surface area contributed by atoms with Crippen molar-refractivity contribution in [1.29, 1.82) is 0 Å². The minimum atomic E-state index is 0.747. The van der Waals surface area contributed by atoms with Crippen LogP contribution in [0.1, 0.15) is 0 Å². The van der Waals surface area contributed by atoms with Crippen LogP contribution < -0.4 is 4.74 Å². The number of ether oxygens (including phenoxy) is 2. The van der Waals surface area contributed by atoms with Gasteiger partial charge in [-0.25, -0.2) is 4.99 Å². The second-order valence-electron chi connectivity index (χ2n) is 5.11. The molecule has 1 fully saturated rings. The highest BCUT2D eigenvalue weighted by Gasteiger charge is 2.16. The molecular formula is C18H20N2O2S. The first kappa shape index (κ1) is 15.9. The van der Waals surface area contributed by atoms with Crippen molar-refractivity contribution < 1.29 is 9.47 Å². The second kappa shape index (κ2) is 8.04. The van der Waals surface area contributed by atoms with Crippen LogP contribution >= 0.6 is 11.8 Å². The van der Waals surface area contributed by atoms with Gasteiger partial charge in [0.2, 0.25) is 0 Å². The van der Waals surface area contributed by atoms with Crippen molar-refractivity contribution >= 4 is 22.6 Å². The largest absolute Gasteiger partial charge is 0.497 e. The number of morpholine rings is 1. The molecule has 0 N–H and O–H groups in total. The molecule has 0 saturated carbocycles. The molecule has 3 rings (SSSR count). The topological polar surface area (TPSA) is 34.1 Å². The van der Waals surface area contributed by atoms with E-state index in [9.17, 15) is 0 Å². The lowest BCUT2D eigenvalue weighted by Gasteiger charge is -2.29. The third-order valence-electron chi connectivity index (χ3n) is 3.53. The first-order chi connectivity index (χ1) is 11.3. The Balaban J connectivity index is 1.83. The average molecular weight is 328 g/mol. The number of rotatable bonds is 3. The Labute approximate surface area is 141 Å². The molecule has 0 radical (unpaired) electrons. The zero-order chi connectivity index (χ0) is 15.9. The third-order valence-corrected chi connectivity index (χ3v) is 4.57. The first-order valence-corrected chi connectivity index (χ1v) is 8.45. The quantitative estimate of drug-likeness (QED) is 0.487. The fraction of sp³-hybridized carbons (Fsp3) is 0.278. The van der Waals surface area contributed by atoms with Crippen LogP contribution in [0, 0.1) is 0 Å². The predicted molar refractivity (Wildman–Crippen MR) is 94.8 cm³/mol. The van der Waals surface area contributed by atoms with E-state index in [0.717, 1.165) is 47.8 Å². The standard InChI is InChI=1S/C18H20N2O2S/c1-21-16-7-9-17(10-8-16)23-18(20-11-13-22-14-12-20)19-15-5-3-2-4-6-15/h2-10H,11-14H2,1H3. The molecule has 5 heteroatoms. The van der Waals surface area contributed by atoms with Crippen LogP contribution in [0.25, 0.3) is 0 Å². The lowest BCUT2D eigenvalue weighted by molar-refractivity contribution is 0.0694. The van der Waals surface area contributed by atoms with Gasteiger partial charge in [-0.1, -0.05) is 30.0 Å². The molecule has 0 atom stereocenters. The summed E-state index contributed by atoms with van der Waals surface area (Å²) in [5, 5.41) is 1.00. The van der Waals surface area contributed by atoms with Crippen LogP contribution in [0.5, 0.6) is 5.75 Å². The van der Waals surface area contributed by atoms with Gasteiger partial charge in [-0.05, 0) is 36.4 Å². The Morgan fingerprint density at radius 2 is 1.74 bits per heavy atom. The molecule has 1 saturated heterocycles. The summed E-state index contributed by atoms with van der Waals surface area (Å²) in [4.78, 5) is 8.27. The highest BCUT2D eigenvalue weighted by molar-refractivity contribution is 8.13. The summed E-state index contributed by atoms with van der Waals surface area (Å²) in [6.45, 7) is 3.23. The fourth-order valence-corrected chi connectivity index (χ4v) is 3.22. The monoisotopic (exact) mass is 328 g/mol. The Bertz CT molecular complexity index is 638. The maximum Gasteiger partial charge on any atom is 0.169 e. The third kappa shape index (κ3) is 4.50. The first-order valence-electron chi connectivity index (χ1n) is 7.63. The number of amidine groups is 1. The van der Waals surface area contributed by atoms with Gasteiger partial charge in [0.05, 0.1) is 26.0 Å². The van der Waals surface area contributed by atoms with Crippen molar-refractivity contribution in [1.82, 2.24) is 4.90 Å². The SMILES string of the molecule is COc1ccc(SC(=Nc2ccccc2)N2CCOCC2)cc1. The molecule has 2 aromatic rings. The average Bonchev–Trinajstić information content (AvgIpc) is 2.63. The van der Waals surface area contributed by atoms with Crippen molar-refractivity contribution in [3.63, 3.8) is 0 Å². The van der Waals surface area contributed by atoms with Crippen LogP contribution in [-0.4, -0.2) is 43.5 Å². The summed E-state index contributed by atoms with van der Waals surface area (Å²) >= 11 is 1.67. The molecule has 2 aromatic carbocycles. The Hall–Kier alpha value is -1.98. The number of benzene rings is 2. The maximum atomic E-state index is 5.46. The minimum absolute atomic E-state index is 0.747. The lowest BCUT2D eigenvalue weighted by Crippen LogP contribution is -2.39. The molecule has 0 aliphatic carbocycles. The van der Waals surface area contributed by atoms with E-state index < -0.39 is 0 Å². The molecule has 120 valence electrons. The Morgan fingerprint density at radius 1 is 1.04 bits per heavy atom. The van der Waals surface area contributed by atoms with Gasteiger partial charge in [-0.3, -0.25) is 0 Å². The number of hydrogen-bond donors (Lipinski definition) is 0. The minimum Gasteiger partial charge on any atom is -0.497 e. The smallest absolute Gasteiger partial charge is 0.169 e. The van der Waals surface area contributed by atoms with Crippen LogP contribution in [-0.2, 0) is 4.74 Å². The number of aliphatic imine (C=N–C) groups is 1. The molecule has 0 aromatic heterocycles. The number of nitrogens with zero attached hydrogens (tertiary/aromatic N) is 2. The molecule has 0 bridgehead atoms. The van der Waals surface area contributed by atoms with Gasteiger partial charge >= 0.3 is 0 Å². The fourth-order valence-electron chi connectivity index (χ4n) is 2.27. The summed E-state index contributed by atoms with van der Waals surface area (Å²) in [6.07, 6.45) is 0. The summed E-state index contributed by atoms with van der Waals surface area (Å²) in [6, 6.07) is 18.1. The number of para-hydroxylation sites is 1. The van der Waals surface area contributed by atoms with E-state index >= 15 is 0 Å². The van der Waals surface area contributed by atoms with Gasteiger partial charge in [-0.15, -0.1) is 0 Å².